The van der Waals surface area contributed by atoms with E-state index < -0.39 is 0 Å². The molecule has 7 heteroatoms. The van der Waals surface area contributed by atoms with Crippen molar-refractivity contribution in [2.45, 2.75) is 25.9 Å². The van der Waals surface area contributed by atoms with Gasteiger partial charge in [0.05, 0.1) is 16.1 Å². The molecule has 1 aliphatic rings. The van der Waals surface area contributed by atoms with Crippen LogP contribution in [0.2, 0.25) is 10.0 Å². The Bertz CT molecular complexity index is 442. The molecule has 1 aromatic rings. The summed E-state index contributed by atoms with van der Waals surface area (Å²) in [6.45, 7) is 4.41. The first-order valence-electron chi connectivity index (χ1n) is 6.35. The van der Waals surface area contributed by atoms with Crippen molar-refractivity contribution in [1.29, 1.82) is 0 Å². The van der Waals surface area contributed by atoms with Gasteiger partial charge >= 0.3 is 0 Å². The topological polar surface area (TPSA) is 63.4 Å². The lowest BCUT2D eigenvalue weighted by Gasteiger charge is -2.34. The number of pyridine rings is 1. The van der Waals surface area contributed by atoms with Crippen LogP contribution in [0.4, 0.5) is 11.6 Å². The van der Waals surface area contributed by atoms with Crippen LogP contribution in [0.5, 0.6) is 0 Å². The van der Waals surface area contributed by atoms with Crippen molar-refractivity contribution < 1.29 is 4.74 Å². The maximum atomic E-state index is 6.22. The number of nitrogens with zero attached hydrogens (tertiary/aromatic N) is 2. The summed E-state index contributed by atoms with van der Waals surface area (Å²) in [5.74, 6) is 6.52. The van der Waals surface area contributed by atoms with Gasteiger partial charge in [-0.3, -0.25) is 0 Å². The Balaban J connectivity index is 2.20. The van der Waals surface area contributed by atoms with Crippen LogP contribution < -0.4 is 16.2 Å². The molecule has 1 atom stereocenters. The molecule has 1 aromatic heterocycles. The zero-order chi connectivity index (χ0) is 13.8. The van der Waals surface area contributed by atoms with Crippen LogP contribution in [0.1, 0.15) is 19.8 Å². The van der Waals surface area contributed by atoms with E-state index in [1.54, 1.807) is 6.07 Å². The van der Waals surface area contributed by atoms with Crippen molar-refractivity contribution >= 4 is 34.8 Å². The highest BCUT2D eigenvalue weighted by Gasteiger charge is 2.23. The van der Waals surface area contributed by atoms with Gasteiger partial charge in [-0.05, 0) is 25.8 Å². The van der Waals surface area contributed by atoms with E-state index in [-0.39, 0.29) is 6.10 Å². The Morgan fingerprint density at radius 3 is 3.00 bits per heavy atom. The Kier molecular flexibility index (Phi) is 5.10. The van der Waals surface area contributed by atoms with E-state index in [1.165, 1.54) is 0 Å². The summed E-state index contributed by atoms with van der Waals surface area (Å²) in [4.78, 5) is 6.49. The van der Waals surface area contributed by atoms with Gasteiger partial charge in [-0.25, -0.2) is 10.8 Å². The highest BCUT2D eigenvalue weighted by Crippen LogP contribution is 2.32. The van der Waals surface area contributed by atoms with Gasteiger partial charge in [0.25, 0.3) is 0 Å². The molecule has 106 valence electrons. The lowest BCUT2D eigenvalue weighted by Crippen LogP contribution is -2.40. The number of rotatable bonds is 4. The van der Waals surface area contributed by atoms with Crippen LogP contribution >= 0.6 is 23.2 Å². The fraction of sp³-hybridized carbons (Fsp3) is 0.583. The number of aromatic nitrogens is 1. The van der Waals surface area contributed by atoms with Crippen molar-refractivity contribution in [3.8, 4) is 0 Å². The average Bonchev–Trinajstić information content (AvgIpc) is 2.39. The van der Waals surface area contributed by atoms with E-state index in [2.05, 4.69) is 15.3 Å². The fourth-order valence-corrected chi connectivity index (χ4v) is 2.81. The maximum Gasteiger partial charge on any atom is 0.161 e. The minimum Gasteiger partial charge on any atom is -0.377 e. The largest absolute Gasteiger partial charge is 0.377 e. The Labute approximate surface area is 123 Å². The average molecular weight is 305 g/mol. The number of nitrogens with one attached hydrogen (secondary N) is 1. The smallest absolute Gasteiger partial charge is 0.161 e. The number of hydrazine groups is 1. The molecule has 0 spiro atoms. The SMILES string of the molecule is CCOC1CCCN(c2nc(NN)c(Cl)cc2Cl)C1. The molecule has 1 saturated heterocycles. The quantitative estimate of drug-likeness (QED) is 0.661. The van der Waals surface area contributed by atoms with Crippen LogP contribution in [0, 0.1) is 0 Å². The molecule has 5 nitrogen and oxygen atoms in total. The van der Waals surface area contributed by atoms with Crippen molar-refractivity contribution in [2.75, 3.05) is 30.0 Å². The zero-order valence-corrected chi connectivity index (χ0v) is 12.3. The van der Waals surface area contributed by atoms with Gasteiger partial charge in [0.2, 0.25) is 0 Å². The highest BCUT2D eigenvalue weighted by atomic mass is 35.5. The number of hydrogen-bond acceptors (Lipinski definition) is 5. The van der Waals surface area contributed by atoms with Gasteiger partial charge in [-0.2, -0.15) is 0 Å². The van der Waals surface area contributed by atoms with E-state index in [4.69, 9.17) is 33.8 Å². The van der Waals surface area contributed by atoms with Crippen LogP contribution in [0.3, 0.4) is 0 Å². The first kappa shape index (κ1) is 14.7. The molecule has 2 rings (SSSR count). The third-order valence-corrected chi connectivity index (χ3v) is 3.69. The zero-order valence-electron chi connectivity index (χ0n) is 10.8. The highest BCUT2D eigenvalue weighted by molar-refractivity contribution is 6.37. The molecule has 3 N–H and O–H groups in total. The second-order valence-electron chi connectivity index (χ2n) is 4.43. The third kappa shape index (κ3) is 3.42. The van der Waals surface area contributed by atoms with Crippen LogP contribution in [-0.4, -0.2) is 30.8 Å². The molecular formula is C12H18Cl2N4O. The Morgan fingerprint density at radius 2 is 2.32 bits per heavy atom. The molecule has 1 unspecified atom stereocenters. The molecule has 0 aliphatic carbocycles. The molecule has 0 bridgehead atoms. The van der Waals surface area contributed by atoms with Crippen molar-refractivity contribution in [2.24, 2.45) is 5.84 Å². The maximum absolute atomic E-state index is 6.22. The number of ether oxygens (including phenoxy) is 1. The minimum absolute atomic E-state index is 0.224. The number of halogens is 2. The van der Waals surface area contributed by atoms with Gasteiger partial charge in [0.15, 0.2) is 5.82 Å². The Morgan fingerprint density at radius 1 is 1.53 bits per heavy atom. The summed E-state index contributed by atoms with van der Waals surface area (Å²) in [6, 6.07) is 1.66. The second-order valence-corrected chi connectivity index (χ2v) is 5.25. The Hall–Kier alpha value is -0.750. The van der Waals surface area contributed by atoms with E-state index in [1.807, 2.05) is 6.92 Å². The number of piperidine rings is 1. The first-order chi connectivity index (χ1) is 9.15. The number of anilines is 2. The summed E-state index contributed by atoms with van der Waals surface area (Å²) in [5.41, 5.74) is 2.48. The van der Waals surface area contributed by atoms with Crippen LogP contribution in [-0.2, 0) is 4.74 Å². The van der Waals surface area contributed by atoms with Crippen molar-refractivity contribution in [1.82, 2.24) is 4.98 Å². The lowest BCUT2D eigenvalue weighted by molar-refractivity contribution is 0.0525. The molecule has 1 fully saturated rings. The van der Waals surface area contributed by atoms with Crippen molar-refractivity contribution in [3.63, 3.8) is 0 Å². The van der Waals surface area contributed by atoms with E-state index >= 15 is 0 Å². The van der Waals surface area contributed by atoms with Crippen LogP contribution in [0.15, 0.2) is 6.07 Å². The predicted octanol–water partition coefficient (Wildman–Crippen LogP) is 2.68. The lowest BCUT2D eigenvalue weighted by atomic mass is 10.1. The molecule has 0 radical (unpaired) electrons. The summed E-state index contributed by atoms with van der Waals surface area (Å²) in [6.07, 6.45) is 2.34. The number of nitrogens with two attached hydrogens (primary N) is 1. The molecule has 2 heterocycles. The summed E-state index contributed by atoms with van der Waals surface area (Å²) < 4.78 is 5.68. The normalized spacial score (nSPS) is 19.6. The minimum atomic E-state index is 0.224. The number of nitrogen functional groups attached to an aromatic ring is 1. The molecule has 0 amide bonds. The van der Waals surface area contributed by atoms with E-state index in [0.717, 1.165) is 32.5 Å². The van der Waals surface area contributed by atoms with Crippen LogP contribution in [0.25, 0.3) is 0 Å². The first-order valence-corrected chi connectivity index (χ1v) is 7.10. The molecular weight excluding hydrogens is 287 g/mol. The van der Waals surface area contributed by atoms with Gasteiger partial charge in [0, 0.05) is 19.7 Å². The number of hydrogen-bond donors (Lipinski definition) is 2. The summed E-state index contributed by atoms with van der Waals surface area (Å²) >= 11 is 12.2. The monoisotopic (exact) mass is 304 g/mol. The molecule has 19 heavy (non-hydrogen) atoms. The van der Waals surface area contributed by atoms with Gasteiger partial charge < -0.3 is 15.1 Å². The van der Waals surface area contributed by atoms with E-state index in [9.17, 15) is 0 Å². The summed E-state index contributed by atoms with van der Waals surface area (Å²) in [7, 11) is 0. The standard InChI is InChI=1S/C12H18Cl2N4O/c1-2-19-8-4-3-5-18(7-8)12-10(14)6-9(13)11(16-12)17-15/h6,8H,2-5,7,15H2,1H3,(H,16,17). The van der Waals surface area contributed by atoms with Crippen molar-refractivity contribution in [3.05, 3.63) is 16.1 Å². The second kappa shape index (κ2) is 6.61. The fourth-order valence-electron chi connectivity index (χ4n) is 2.28. The predicted molar refractivity (Wildman–Crippen MR) is 78.9 cm³/mol. The van der Waals surface area contributed by atoms with Gasteiger partial charge in [-0.1, -0.05) is 23.2 Å². The molecule has 0 aromatic carbocycles. The van der Waals surface area contributed by atoms with E-state index in [0.29, 0.717) is 21.7 Å². The van der Waals surface area contributed by atoms with Gasteiger partial charge in [-0.15, -0.1) is 0 Å². The molecule has 0 saturated carbocycles. The third-order valence-electron chi connectivity index (χ3n) is 3.13. The summed E-state index contributed by atoms with van der Waals surface area (Å²) in [5, 5.41) is 0.941. The van der Waals surface area contributed by atoms with Gasteiger partial charge in [0.1, 0.15) is 5.82 Å². The molecule has 1 aliphatic heterocycles.